The Morgan fingerprint density at radius 3 is 2.48 bits per heavy atom. The van der Waals surface area contributed by atoms with Crippen molar-refractivity contribution >= 4 is 18.4 Å². The van der Waals surface area contributed by atoms with Crippen molar-refractivity contribution in [2.24, 2.45) is 5.10 Å². The van der Waals surface area contributed by atoms with E-state index in [1.54, 1.807) is 6.21 Å². The van der Waals surface area contributed by atoms with Crippen LogP contribution in [-0.4, -0.2) is 21.1 Å². The average Bonchev–Trinajstić information content (AvgIpc) is 2.39. The predicted molar refractivity (Wildman–Crippen MR) is 86.6 cm³/mol. The third-order valence-corrected chi connectivity index (χ3v) is 3.22. The van der Waals surface area contributed by atoms with Gasteiger partial charge in [0, 0.05) is 5.41 Å². The van der Waals surface area contributed by atoms with Crippen molar-refractivity contribution in [2.45, 2.75) is 33.1 Å². The molecular formula is C15H18N4OS. The van der Waals surface area contributed by atoms with Gasteiger partial charge in [-0.3, -0.25) is 9.89 Å². The minimum absolute atomic E-state index is 0.177. The van der Waals surface area contributed by atoms with Gasteiger partial charge < -0.3 is 0 Å². The molecule has 0 aliphatic rings. The van der Waals surface area contributed by atoms with Crippen LogP contribution in [0.1, 0.15) is 37.6 Å². The maximum absolute atomic E-state index is 12.4. The zero-order chi connectivity index (χ0) is 15.6. The molecule has 2 rings (SSSR count). The van der Waals surface area contributed by atoms with Gasteiger partial charge in [-0.15, -0.1) is 0 Å². The number of hydrogen-bond acceptors (Lipinski definition) is 4. The van der Waals surface area contributed by atoms with Crippen molar-refractivity contribution in [3.05, 3.63) is 56.2 Å². The summed E-state index contributed by atoms with van der Waals surface area (Å²) in [6.07, 6.45) is 1.61. The second-order valence-corrected chi connectivity index (χ2v) is 6.29. The maximum atomic E-state index is 12.4. The predicted octanol–water partition coefficient (Wildman–Crippen LogP) is 2.79. The molecule has 1 aromatic carbocycles. The summed E-state index contributed by atoms with van der Waals surface area (Å²) in [6, 6.07) is 7.83. The Hall–Kier alpha value is -2.08. The van der Waals surface area contributed by atoms with E-state index in [0.717, 1.165) is 5.56 Å². The lowest BCUT2D eigenvalue weighted by Crippen LogP contribution is -2.32. The molecule has 0 aliphatic heterocycles. The SMILES string of the molecule is Cc1ccc(/C=N\n2c(=S)[nH]nc(C(C)(C)C)c2=O)cc1. The Morgan fingerprint density at radius 2 is 1.90 bits per heavy atom. The third kappa shape index (κ3) is 3.52. The number of nitrogens with zero attached hydrogens (tertiary/aromatic N) is 3. The number of hydrogen-bond donors (Lipinski definition) is 1. The zero-order valence-corrected chi connectivity index (χ0v) is 13.4. The minimum Gasteiger partial charge on any atom is -0.265 e. The van der Waals surface area contributed by atoms with Crippen LogP contribution in [0.25, 0.3) is 0 Å². The van der Waals surface area contributed by atoms with Crippen molar-refractivity contribution in [2.75, 3.05) is 0 Å². The van der Waals surface area contributed by atoms with Crippen LogP contribution in [0.15, 0.2) is 34.2 Å². The Kier molecular flexibility index (Phi) is 4.18. The highest BCUT2D eigenvalue weighted by atomic mass is 32.1. The fraction of sp³-hybridized carbons (Fsp3) is 0.333. The topological polar surface area (TPSA) is 63.0 Å². The molecule has 1 heterocycles. The summed E-state index contributed by atoms with van der Waals surface area (Å²) in [5, 5.41) is 10.9. The van der Waals surface area contributed by atoms with E-state index in [2.05, 4.69) is 15.3 Å². The lowest BCUT2D eigenvalue weighted by atomic mass is 9.93. The van der Waals surface area contributed by atoms with E-state index >= 15 is 0 Å². The minimum atomic E-state index is -0.377. The molecule has 0 spiro atoms. The van der Waals surface area contributed by atoms with Gasteiger partial charge in [-0.1, -0.05) is 50.6 Å². The average molecular weight is 302 g/mol. The van der Waals surface area contributed by atoms with E-state index in [1.165, 1.54) is 10.2 Å². The first kappa shape index (κ1) is 15.3. The van der Waals surface area contributed by atoms with E-state index in [-0.39, 0.29) is 15.7 Å². The van der Waals surface area contributed by atoms with Crippen molar-refractivity contribution in [3.8, 4) is 0 Å². The number of nitrogens with one attached hydrogen (secondary N) is 1. The molecule has 0 saturated heterocycles. The summed E-state index contributed by atoms with van der Waals surface area (Å²) in [4.78, 5) is 12.4. The molecule has 0 atom stereocenters. The number of benzene rings is 1. The van der Waals surface area contributed by atoms with Crippen molar-refractivity contribution in [3.63, 3.8) is 0 Å². The lowest BCUT2D eigenvalue weighted by molar-refractivity contribution is 0.529. The lowest BCUT2D eigenvalue weighted by Gasteiger charge is -2.16. The molecule has 6 heteroatoms. The van der Waals surface area contributed by atoms with Gasteiger partial charge in [0.2, 0.25) is 4.77 Å². The van der Waals surface area contributed by atoms with Gasteiger partial charge >= 0.3 is 0 Å². The molecule has 21 heavy (non-hydrogen) atoms. The van der Waals surface area contributed by atoms with Gasteiger partial charge in [-0.05, 0) is 24.7 Å². The highest BCUT2D eigenvalue weighted by Crippen LogP contribution is 2.15. The largest absolute Gasteiger partial charge is 0.297 e. The molecule has 0 amide bonds. The third-order valence-electron chi connectivity index (χ3n) is 2.96. The molecule has 1 N–H and O–H groups in total. The molecular weight excluding hydrogens is 284 g/mol. The molecule has 0 fully saturated rings. The standard InChI is InChI=1S/C15H18N4OS/c1-10-5-7-11(8-6-10)9-16-19-13(20)12(15(2,3)4)17-18-14(19)21/h5-9H,1-4H3,(H,18,21)/b16-9-. The van der Waals surface area contributed by atoms with Crippen LogP contribution in [0.3, 0.4) is 0 Å². The Balaban J connectivity index is 2.47. The molecule has 0 aliphatic carbocycles. The first-order valence-corrected chi connectivity index (χ1v) is 7.03. The van der Waals surface area contributed by atoms with E-state index < -0.39 is 0 Å². The molecule has 5 nitrogen and oxygen atoms in total. The van der Waals surface area contributed by atoms with Crippen molar-refractivity contribution in [1.29, 1.82) is 0 Å². The summed E-state index contributed by atoms with van der Waals surface area (Å²) >= 11 is 5.09. The van der Waals surface area contributed by atoms with E-state index in [4.69, 9.17) is 12.2 Å². The molecule has 0 bridgehead atoms. The molecule has 0 saturated carbocycles. The van der Waals surface area contributed by atoms with Crippen molar-refractivity contribution in [1.82, 2.24) is 14.9 Å². The quantitative estimate of drug-likeness (QED) is 0.685. The van der Waals surface area contributed by atoms with Crippen LogP contribution in [0.4, 0.5) is 0 Å². The molecule has 1 aromatic heterocycles. The summed E-state index contributed by atoms with van der Waals surface area (Å²) in [6.45, 7) is 7.77. The molecule has 2 aromatic rings. The molecule has 0 unspecified atom stereocenters. The van der Waals surface area contributed by atoms with Crippen LogP contribution < -0.4 is 5.56 Å². The summed E-state index contributed by atoms with van der Waals surface area (Å²) in [7, 11) is 0. The number of aryl methyl sites for hydroxylation is 1. The maximum Gasteiger partial charge on any atom is 0.297 e. The first-order chi connectivity index (χ1) is 9.79. The van der Waals surface area contributed by atoms with E-state index in [9.17, 15) is 4.79 Å². The van der Waals surface area contributed by atoms with Gasteiger partial charge in [0.25, 0.3) is 5.56 Å². The van der Waals surface area contributed by atoms with Gasteiger partial charge in [0.15, 0.2) is 0 Å². The van der Waals surface area contributed by atoms with Gasteiger partial charge in [-0.25, -0.2) is 0 Å². The summed E-state index contributed by atoms with van der Waals surface area (Å²) < 4.78 is 1.35. The van der Waals surface area contributed by atoms with Gasteiger partial charge in [0.05, 0.1) is 6.21 Å². The number of H-pyrrole nitrogens is 1. The van der Waals surface area contributed by atoms with E-state index in [0.29, 0.717) is 5.69 Å². The zero-order valence-electron chi connectivity index (χ0n) is 12.5. The van der Waals surface area contributed by atoms with Crippen LogP contribution in [0.5, 0.6) is 0 Å². The number of rotatable bonds is 2. The Labute approximate surface area is 128 Å². The summed E-state index contributed by atoms with van der Waals surface area (Å²) in [5.74, 6) is 0. The van der Waals surface area contributed by atoms with Gasteiger partial charge in [-0.2, -0.15) is 14.9 Å². The Morgan fingerprint density at radius 1 is 1.29 bits per heavy atom. The van der Waals surface area contributed by atoms with Gasteiger partial charge in [0.1, 0.15) is 5.69 Å². The fourth-order valence-corrected chi connectivity index (χ4v) is 1.94. The van der Waals surface area contributed by atoms with Crippen LogP contribution >= 0.6 is 12.2 Å². The Bertz CT molecular complexity index is 779. The molecule has 0 radical (unpaired) electrons. The van der Waals surface area contributed by atoms with Crippen LogP contribution in [-0.2, 0) is 5.41 Å². The second kappa shape index (κ2) is 5.73. The highest BCUT2D eigenvalue weighted by molar-refractivity contribution is 7.71. The molecule has 110 valence electrons. The summed E-state index contributed by atoms with van der Waals surface area (Å²) in [5.41, 5.74) is 1.79. The van der Waals surface area contributed by atoms with E-state index in [1.807, 2.05) is 52.0 Å². The number of aromatic amines is 1. The van der Waals surface area contributed by atoms with Crippen LogP contribution in [0.2, 0.25) is 0 Å². The smallest absolute Gasteiger partial charge is 0.265 e. The van der Waals surface area contributed by atoms with Crippen molar-refractivity contribution < 1.29 is 0 Å². The normalized spacial score (nSPS) is 12.0. The first-order valence-electron chi connectivity index (χ1n) is 6.62. The monoisotopic (exact) mass is 302 g/mol. The van der Waals surface area contributed by atoms with Crippen LogP contribution in [0, 0.1) is 11.7 Å². The fourth-order valence-electron chi connectivity index (χ4n) is 1.76. The highest BCUT2D eigenvalue weighted by Gasteiger charge is 2.21. The number of aromatic nitrogens is 3. The second-order valence-electron chi connectivity index (χ2n) is 5.90.